The zero-order chi connectivity index (χ0) is 6.97. The molecule has 2 aromatic rings. The van der Waals surface area contributed by atoms with Gasteiger partial charge in [-0.15, -0.1) is 0 Å². The number of pyridine rings is 1. The molecular weight excluding hydrogens is 124 g/mol. The highest BCUT2D eigenvalue weighted by molar-refractivity contribution is 5.45. The molecule has 0 unspecified atom stereocenters. The Kier molecular flexibility index (Phi) is 1.01. The summed E-state index contributed by atoms with van der Waals surface area (Å²) in [5.74, 6) is 0. The Hall–Kier alpha value is -1.31. The molecule has 2 aromatic heterocycles. The highest BCUT2D eigenvalue weighted by atomic mass is 15.2. The van der Waals surface area contributed by atoms with Gasteiger partial charge in [0.15, 0.2) is 0 Å². The number of hydrogen-bond donors (Lipinski definition) is 0. The lowest BCUT2D eigenvalue weighted by Gasteiger charge is -1.95. The fourth-order valence-electron chi connectivity index (χ4n) is 1.09. The number of aromatic nitrogens is 2. The van der Waals surface area contributed by atoms with Crippen LogP contribution in [0.15, 0.2) is 30.5 Å². The van der Waals surface area contributed by atoms with Gasteiger partial charge in [-0.05, 0) is 25.1 Å². The Bertz CT molecular complexity index is 349. The first kappa shape index (κ1) is 5.47. The van der Waals surface area contributed by atoms with Crippen LogP contribution in [0.25, 0.3) is 5.52 Å². The molecule has 0 aliphatic rings. The maximum absolute atomic E-state index is 4.13. The second-order valence-electron chi connectivity index (χ2n) is 2.34. The molecule has 0 bridgehead atoms. The second-order valence-corrected chi connectivity index (χ2v) is 2.34. The van der Waals surface area contributed by atoms with Crippen molar-refractivity contribution in [2.75, 3.05) is 0 Å². The Balaban J connectivity index is 2.95. The number of aryl methyl sites for hydroxylation is 1. The predicted octanol–water partition coefficient (Wildman–Crippen LogP) is 1.64. The van der Waals surface area contributed by atoms with Gasteiger partial charge in [0.2, 0.25) is 0 Å². The molecule has 0 fully saturated rings. The highest BCUT2D eigenvalue weighted by Gasteiger charge is 1.92. The van der Waals surface area contributed by atoms with Crippen LogP contribution in [0, 0.1) is 6.92 Å². The van der Waals surface area contributed by atoms with Gasteiger partial charge in [-0.1, -0.05) is 6.07 Å². The van der Waals surface area contributed by atoms with Crippen molar-refractivity contribution in [2.45, 2.75) is 6.92 Å². The lowest BCUT2D eigenvalue weighted by molar-refractivity contribution is 0.915. The van der Waals surface area contributed by atoms with Gasteiger partial charge >= 0.3 is 0 Å². The molecule has 0 spiro atoms. The van der Waals surface area contributed by atoms with E-state index in [1.165, 1.54) is 5.69 Å². The molecule has 0 atom stereocenters. The molecule has 0 saturated carbocycles. The van der Waals surface area contributed by atoms with Crippen LogP contribution in [-0.4, -0.2) is 9.61 Å². The highest BCUT2D eigenvalue weighted by Crippen LogP contribution is 2.03. The SMILES string of the molecule is Cc1cccc2ccnn12. The summed E-state index contributed by atoms with van der Waals surface area (Å²) in [7, 11) is 0. The summed E-state index contributed by atoms with van der Waals surface area (Å²) in [6.07, 6.45) is 1.81. The van der Waals surface area contributed by atoms with E-state index in [2.05, 4.69) is 5.10 Å². The number of fused-ring (bicyclic) bond motifs is 1. The van der Waals surface area contributed by atoms with Gasteiger partial charge in [-0.25, -0.2) is 4.52 Å². The summed E-state index contributed by atoms with van der Waals surface area (Å²) < 4.78 is 1.92. The van der Waals surface area contributed by atoms with E-state index in [0.29, 0.717) is 0 Å². The Morgan fingerprint density at radius 1 is 1.30 bits per heavy atom. The summed E-state index contributed by atoms with van der Waals surface area (Å²) in [6, 6.07) is 8.11. The molecule has 0 aliphatic carbocycles. The second kappa shape index (κ2) is 1.84. The minimum atomic E-state index is 1.15. The molecular formula is C8H8N2. The van der Waals surface area contributed by atoms with Crippen LogP contribution in [0.3, 0.4) is 0 Å². The maximum Gasteiger partial charge on any atom is 0.0664 e. The number of hydrogen-bond acceptors (Lipinski definition) is 1. The molecule has 2 heterocycles. The van der Waals surface area contributed by atoms with Gasteiger partial charge in [0.25, 0.3) is 0 Å². The number of nitrogens with zero attached hydrogens (tertiary/aromatic N) is 2. The topological polar surface area (TPSA) is 17.3 Å². The van der Waals surface area contributed by atoms with E-state index in [4.69, 9.17) is 0 Å². The Labute approximate surface area is 59.1 Å². The molecule has 0 aromatic carbocycles. The average Bonchev–Trinajstić information content (AvgIpc) is 2.36. The third-order valence-corrected chi connectivity index (χ3v) is 1.61. The van der Waals surface area contributed by atoms with E-state index in [1.807, 2.05) is 41.9 Å². The molecule has 10 heavy (non-hydrogen) atoms. The monoisotopic (exact) mass is 132 g/mol. The van der Waals surface area contributed by atoms with Crippen molar-refractivity contribution in [3.63, 3.8) is 0 Å². The molecule has 50 valence electrons. The fraction of sp³-hybridized carbons (Fsp3) is 0.125. The zero-order valence-electron chi connectivity index (χ0n) is 5.78. The van der Waals surface area contributed by atoms with E-state index < -0.39 is 0 Å². The van der Waals surface area contributed by atoms with E-state index in [1.54, 1.807) is 0 Å². The van der Waals surface area contributed by atoms with Crippen LogP contribution in [0.2, 0.25) is 0 Å². The lowest BCUT2D eigenvalue weighted by Crippen LogP contribution is -1.90. The van der Waals surface area contributed by atoms with Gasteiger partial charge in [0.1, 0.15) is 0 Å². The van der Waals surface area contributed by atoms with Crippen molar-refractivity contribution < 1.29 is 0 Å². The van der Waals surface area contributed by atoms with Crippen molar-refractivity contribution in [3.8, 4) is 0 Å². The summed E-state index contributed by atoms with van der Waals surface area (Å²) in [6.45, 7) is 2.04. The molecule has 2 nitrogen and oxygen atoms in total. The van der Waals surface area contributed by atoms with Crippen LogP contribution in [0.4, 0.5) is 0 Å². The van der Waals surface area contributed by atoms with Crippen molar-refractivity contribution >= 4 is 5.52 Å². The van der Waals surface area contributed by atoms with Crippen molar-refractivity contribution in [1.29, 1.82) is 0 Å². The van der Waals surface area contributed by atoms with Gasteiger partial charge in [0, 0.05) is 11.9 Å². The smallest absolute Gasteiger partial charge is 0.0664 e. The molecule has 0 aliphatic heterocycles. The van der Waals surface area contributed by atoms with Crippen molar-refractivity contribution in [2.24, 2.45) is 0 Å². The minimum Gasteiger partial charge on any atom is -0.238 e. The van der Waals surface area contributed by atoms with E-state index in [0.717, 1.165) is 5.52 Å². The number of rotatable bonds is 0. The predicted molar refractivity (Wildman–Crippen MR) is 39.9 cm³/mol. The van der Waals surface area contributed by atoms with Gasteiger partial charge < -0.3 is 0 Å². The third-order valence-electron chi connectivity index (χ3n) is 1.61. The van der Waals surface area contributed by atoms with Crippen LogP contribution in [-0.2, 0) is 0 Å². The average molecular weight is 132 g/mol. The summed E-state index contributed by atoms with van der Waals surface area (Å²) in [5.41, 5.74) is 2.32. The van der Waals surface area contributed by atoms with Crippen LogP contribution >= 0.6 is 0 Å². The van der Waals surface area contributed by atoms with Crippen molar-refractivity contribution in [1.82, 2.24) is 9.61 Å². The summed E-state index contributed by atoms with van der Waals surface area (Å²) in [4.78, 5) is 0. The van der Waals surface area contributed by atoms with E-state index in [-0.39, 0.29) is 0 Å². The molecule has 2 heteroatoms. The zero-order valence-corrected chi connectivity index (χ0v) is 5.78. The standard InChI is InChI=1S/C8H8N2/c1-7-3-2-4-8-5-6-9-10(7)8/h2-6H,1H3. The first-order chi connectivity index (χ1) is 4.88. The molecule has 0 amide bonds. The maximum atomic E-state index is 4.13. The largest absolute Gasteiger partial charge is 0.238 e. The molecule has 0 N–H and O–H groups in total. The first-order valence-electron chi connectivity index (χ1n) is 3.27. The minimum absolute atomic E-state index is 1.15. The van der Waals surface area contributed by atoms with Gasteiger partial charge in [-0.2, -0.15) is 5.10 Å². The molecule has 0 saturated heterocycles. The third kappa shape index (κ3) is 0.620. The summed E-state index contributed by atoms with van der Waals surface area (Å²) in [5, 5.41) is 4.13. The Morgan fingerprint density at radius 3 is 3.00 bits per heavy atom. The summed E-state index contributed by atoms with van der Waals surface area (Å²) >= 11 is 0. The van der Waals surface area contributed by atoms with Crippen LogP contribution in [0.1, 0.15) is 5.69 Å². The van der Waals surface area contributed by atoms with Crippen LogP contribution in [0.5, 0.6) is 0 Å². The van der Waals surface area contributed by atoms with E-state index >= 15 is 0 Å². The van der Waals surface area contributed by atoms with E-state index in [9.17, 15) is 0 Å². The first-order valence-corrected chi connectivity index (χ1v) is 3.27. The normalized spacial score (nSPS) is 10.5. The van der Waals surface area contributed by atoms with Crippen molar-refractivity contribution in [3.05, 3.63) is 36.2 Å². The van der Waals surface area contributed by atoms with Crippen LogP contribution < -0.4 is 0 Å². The van der Waals surface area contributed by atoms with Gasteiger partial charge in [-0.3, -0.25) is 0 Å². The quantitative estimate of drug-likeness (QED) is 0.532. The van der Waals surface area contributed by atoms with Gasteiger partial charge in [0.05, 0.1) is 5.52 Å². The fourth-order valence-corrected chi connectivity index (χ4v) is 1.09. The molecule has 2 rings (SSSR count). The Morgan fingerprint density at radius 2 is 2.20 bits per heavy atom. The molecule has 0 radical (unpaired) electrons. The lowest BCUT2D eigenvalue weighted by atomic mass is 10.3.